The zero-order valence-corrected chi connectivity index (χ0v) is 19.4. The van der Waals surface area contributed by atoms with Crippen LogP contribution in [0.3, 0.4) is 0 Å². The van der Waals surface area contributed by atoms with Crippen LogP contribution in [0.1, 0.15) is 21.7 Å². The van der Waals surface area contributed by atoms with Crippen molar-refractivity contribution in [3.63, 3.8) is 0 Å². The van der Waals surface area contributed by atoms with Gasteiger partial charge in [-0.3, -0.25) is 4.79 Å². The number of aryl methyl sites for hydroxylation is 2. The van der Waals surface area contributed by atoms with Crippen LogP contribution in [-0.2, 0) is 0 Å². The van der Waals surface area contributed by atoms with E-state index in [1.54, 1.807) is 37.3 Å². The van der Waals surface area contributed by atoms with E-state index in [4.69, 9.17) is 0 Å². The predicted molar refractivity (Wildman–Crippen MR) is 132 cm³/mol. The van der Waals surface area contributed by atoms with Gasteiger partial charge in [-0.2, -0.15) is 0 Å². The molecule has 184 valence electrons. The third-order valence-electron chi connectivity index (χ3n) is 4.93. The number of ether oxygens (including phenoxy) is 1. The number of hydrogen-bond acceptors (Lipinski definition) is 6. The molecule has 1 amide bonds. The molecule has 0 radical (unpaired) electrons. The number of hydrogen-bond donors (Lipinski definition) is 3. The Balaban J connectivity index is 1.43. The topological polar surface area (TPSA) is 88.2 Å². The minimum Gasteiger partial charge on any atom is -0.405 e. The molecule has 0 aliphatic heterocycles. The quantitative estimate of drug-likeness (QED) is 0.265. The Labute approximate surface area is 205 Å². The van der Waals surface area contributed by atoms with E-state index in [-0.39, 0.29) is 5.56 Å². The number of nitrogens with zero attached hydrogens (tertiary/aromatic N) is 2. The molecule has 4 rings (SSSR count). The Morgan fingerprint density at radius 1 is 0.778 bits per heavy atom. The molecule has 3 aromatic carbocycles. The van der Waals surface area contributed by atoms with Crippen LogP contribution < -0.4 is 20.7 Å². The van der Waals surface area contributed by atoms with Gasteiger partial charge in [-0.05, 0) is 62.4 Å². The van der Waals surface area contributed by atoms with Gasteiger partial charge in [0.25, 0.3) is 5.91 Å². The zero-order chi connectivity index (χ0) is 25.7. The zero-order valence-electron chi connectivity index (χ0n) is 19.4. The summed E-state index contributed by atoms with van der Waals surface area (Å²) in [4.78, 5) is 21.3. The van der Waals surface area contributed by atoms with Crippen LogP contribution in [0.2, 0.25) is 0 Å². The number of benzene rings is 3. The lowest BCUT2D eigenvalue weighted by atomic mass is 10.2. The summed E-state index contributed by atoms with van der Waals surface area (Å²) in [6.07, 6.45) is -4.90. The second-order valence-corrected chi connectivity index (χ2v) is 7.88. The number of halogens is 3. The molecule has 0 aliphatic carbocycles. The van der Waals surface area contributed by atoms with E-state index in [0.717, 1.165) is 17.3 Å². The molecule has 36 heavy (non-hydrogen) atoms. The summed E-state index contributed by atoms with van der Waals surface area (Å²) in [6, 6.07) is 21.5. The Kier molecular flexibility index (Phi) is 7.05. The van der Waals surface area contributed by atoms with Crippen molar-refractivity contribution in [1.29, 1.82) is 0 Å². The van der Waals surface area contributed by atoms with Crippen molar-refractivity contribution in [1.82, 2.24) is 9.97 Å². The first-order chi connectivity index (χ1) is 17.1. The van der Waals surface area contributed by atoms with E-state index in [0.29, 0.717) is 28.8 Å². The minimum atomic E-state index is -4.90. The molecule has 7 nitrogen and oxygen atoms in total. The van der Waals surface area contributed by atoms with Crippen molar-refractivity contribution in [2.24, 2.45) is 0 Å². The molecule has 1 aromatic heterocycles. The number of alkyl halides is 3. The average Bonchev–Trinajstić information content (AvgIpc) is 2.81. The maximum Gasteiger partial charge on any atom is 0.573 e. The Bertz CT molecular complexity index is 1360. The van der Waals surface area contributed by atoms with Crippen LogP contribution >= 0.6 is 0 Å². The summed E-state index contributed by atoms with van der Waals surface area (Å²) in [5.41, 5.74) is 2.90. The second kappa shape index (κ2) is 10.3. The summed E-state index contributed by atoms with van der Waals surface area (Å²) in [5.74, 6) is 0.451. The van der Waals surface area contributed by atoms with Crippen molar-refractivity contribution in [3.8, 4) is 5.75 Å². The van der Waals surface area contributed by atoms with Gasteiger partial charge in [-0.25, -0.2) is 9.97 Å². The largest absolute Gasteiger partial charge is 0.573 e. The second-order valence-electron chi connectivity index (χ2n) is 7.88. The standard InChI is InChI=1S/C26H22F3N5O2/c1-16-7-9-18(10-8-16)32-23-15-24(31-17(2)30-23)33-19-11-13-20(14-12-19)34-25(35)21-5-3-4-6-22(21)36-26(27,28)29/h3-15H,1-2H3,(H,34,35)(H2,30,31,32,33). The molecule has 4 aromatic rings. The molecule has 0 saturated carbocycles. The molecule has 10 heteroatoms. The number of nitrogens with one attached hydrogen (secondary N) is 3. The molecule has 0 unspecified atom stereocenters. The highest BCUT2D eigenvalue weighted by Crippen LogP contribution is 2.27. The lowest BCUT2D eigenvalue weighted by molar-refractivity contribution is -0.274. The molecule has 3 N–H and O–H groups in total. The number of rotatable bonds is 7. The first-order valence-corrected chi connectivity index (χ1v) is 10.9. The smallest absolute Gasteiger partial charge is 0.405 e. The molecular weight excluding hydrogens is 471 g/mol. The number of para-hydroxylation sites is 1. The summed E-state index contributed by atoms with van der Waals surface area (Å²) < 4.78 is 41.9. The highest BCUT2D eigenvalue weighted by molar-refractivity contribution is 6.06. The van der Waals surface area contributed by atoms with Crippen molar-refractivity contribution in [2.75, 3.05) is 16.0 Å². The molecule has 0 bridgehead atoms. The van der Waals surface area contributed by atoms with Crippen LogP contribution in [0.15, 0.2) is 78.9 Å². The average molecular weight is 493 g/mol. The van der Waals surface area contributed by atoms with Gasteiger partial charge in [0.05, 0.1) is 5.56 Å². The van der Waals surface area contributed by atoms with Gasteiger partial charge in [0.2, 0.25) is 0 Å². The first-order valence-electron chi connectivity index (χ1n) is 10.9. The molecular formula is C26H22F3N5O2. The third-order valence-corrected chi connectivity index (χ3v) is 4.93. The molecule has 0 spiro atoms. The maximum absolute atomic E-state index is 12.6. The summed E-state index contributed by atoms with van der Waals surface area (Å²) in [5, 5.41) is 9.00. The Morgan fingerprint density at radius 3 is 1.89 bits per heavy atom. The summed E-state index contributed by atoms with van der Waals surface area (Å²) >= 11 is 0. The lowest BCUT2D eigenvalue weighted by Crippen LogP contribution is -2.20. The number of carbonyl (C=O) groups excluding carboxylic acids is 1. The van der Waals surface area contributed by atoms with Crippen LogP contribution in [0, 0.1) is 13.8 Å². The number of aromatic nitrogens is 2. The fourth-order valence-electron chi connectivity index (χ4n) is 3.33. The fourth-order valence-corrected chi connectivity index (χ4v) is 3.33. The van der Waals surface area contributed by atoms with Crippen LogP contribution in [0.5, 0.6) is 5.75 Å². The third kappa shape index (κ3) is 6.72. The normalized spacial score (nSPS) is 11.0. The van der Waals surface area contributed by atoms with Crippen molar-refractivity contribution in [2.45, 2.75) is 20.2 Å². The van der Waals surface area contributed by atoms with Crippen molar-refractivity contribution >= 4 is 34.6 Å². The van der Waals surface area contributed by atoms with Gasteiger partial charge in [0, 0.05) is 23.1 Å². The van der Waals surface area contributed by atoms with Crippen LogP contribution in [0.25, 0.3) is 0 Å². The van der Waals surface area contributed by atoms with Gasteiger partial charge >= 0.3 is 6.36 Å². The lowest BCUT2D eigenvalue weighted by Gasteiger charge is -2.13. The molecule has 0 atom stereocenters. The first kappa shape index (κ1) is 24.5. The van der Waals surface area contributed by atoms with Crippen LogP contribution in [-0.4, -0.2) is 22.2 Å². The highest BCUT2D eigenvalue weighted by atomic mass is 19.4. The SMILES string of the molecule is Cc1ccc(Nc2cc(Nc3ccc(NC(=O)c4ccccc4OC(F)(F)F)cc3)nc(C)n2)cc1. The van der Waals surface area contributed by atoms with Crippen LogP contribution in [0.4, 0.5) is 41.9 Å². The van der Waals surface area contributed by atoms with E-state index in [9.17, 15) is 18.0 Å². The fraction of sp³-hybridized carbons (Fsp3) is 0.115. The Morgan fingerprint density at radius 2 is 1.31 bits per heavy atom. The summed E-state index contributed by atoms with van der Waals surface area (Å²) in [7, 11) is 0. The molecule has 0 fully saturated rings. The highest BCUT2D eigenvalue weighted by Gasteiger charge is 2.32. The van der Waals surface area contributed by atoms with E-state index < -0.39 is 18.0 Å². The van der Waals surface area contributed by atoms with E-state index >= 15 is 0 Å². The minimum absolute atomic E-state index is 0.234. The molecule has 0 aliphatic rings. The van der Waals surface area contributed by atoms with E-state index in [1.807, 2.05) is 31.2 Å². The van der Waals surface area contributed by atoms with E-state index in [2.05, 4.69) is 30.7 Å². The van der Waals surface area contributed by atoms with E-state index in [1.165, 1.54) is 18.2 Å². The van der Waals surface area contributed by atoms with Gasteiger partial charge in [-0.15, -0.1) is 13.2 Å². The number of amides is 1. The summed E-state index contributed by atoms with van der Waals surface area (Å²) in [6.45, 7) is 3.79. The van der Waals surface area contributed by atoms with Gasteiger partial charge in [-0.1, -0.05) is 29.8 Å². The Hall–Kier alpha value is -4.60. The van der Waals surface area contributed by atoms with Gasteiger partial charge in [0.1, 0.15) is 23.2 Å². The maximum atomic E-state index is 12.6. The number of carbonyl (C=O) groups is 1. The molecule has 1 heterocycles. The van der Waals surface area contributed by atoms with Crippen molar-refractivity contribution < 1.29 is 22.7 Å². The number of anilines is 5. The predicted octanol–water partition coefficient (Wildman–Crippen LogP) is 6.73. The monoisotopic (exact) mass is 493 g/mol. The van der Waals surface area contributed by atoms with Gasteiger partial charge < -0.3 is 20.7 Å². The van der Waals surface area contributed by atoms with Gasteiger partial charge in [0.15, 0.2) is 0 Å². The van der Waals surface area contributed by atoms with Crippen molar-refractivity contribution in [3.05, 3.63) is 95.8 Å². The molecule has 0 saturated heterocycles.